The normalized spacial score (nSPS) is 28.9. The summed E-state index contributed by atoms with van der Waals surface area (Å²) in [5, 5.41) is 0. The van der Waals surface area contributed by atoms with Crippen LogP contribution in [-0.4, -0.2) is 41.7 Å². The van der Waals surface area contributed by atoms with Gasteiger partial charge in [0.1, 0.15) is 0 Å². The van der Waals surface area contributed by atoms with E-state index >= 15 is 0 Å². The van der Waals surface area contributed by atoms with E-state index in [1.807, 2.05) is 0 Å². The molecule has 0 aromatic heterocycles. The molecule has 2 fully saturated rings. The summed E-state index contributed by atoms with van der Waals surface area (Å²) in [6, 6.07) is 0.662. The minimum Gasteiger partial charge on any atom is -0.393 e. The molecule has 1 saturated heterocycles. The monoisotopic (exact) mass is 284 g/mol. The molecule has 1 heterocycles. The van der Waals surface area contributed by atoms with Crippen molar-refractivity contribution in [3.63, 3.8) is 0 Å². The van der Waals surface area contributed by atoms with Gasteiger partial charge in [-0.3, -0.25) is 4.90 Å². The Morgan fingerprint density at radius 3 is 2.84 bits per heavy atom. The molecule has 2 aliphatic rings. The summed E-state index contributed by atoms with van der Waals surface area (Å²) in [4.78, 5) is 3.29. The van der Waals surface area contributed by atoms with E-state index < -0.39 is 0 Å². The average Bonchev–Trinajstić information content (AvgIpc) is 2.38. The highest BCUT2D eigenvalue weighted by Gasteiger charge is 2.34. The number of nitrogens with zero attached hydrogens (tertiary/aromatic N) is 1. The molecule has 0 aromatic rings. The van der Waals surface area contributed by atoms with Crippen molar-refractivity contribution in [2.24, 2.45) is 11.1 Å². The van der Waals surface area contributed by atoms with Gasteiger partial charge in [-0.1, -0.05) is 38.9 Å². The molecular weight excluding hydrogens is 256 g/mol. The van der Waals surface area contributed by atoms with Gasteiger partial charge in [0.2, 0.25) is 0 Å². The molecule has 110 valence electrons. The van der Waals surface area contributed by atoms with Gasteiger partial charge in [-0.15, -0.1) is 0 Å². The van der Waals surface area contributed by atoms with Crippen molar-refractivity contribution in [2.75, 3.05) is 19.7 Å². The number of thiocarbonyl (C=S) groups is 1. The van der Waals surface area contributed by atoms with Gasteiger partial charge in [0.25, 0.3) is 0 Å². The van der Waals surface area contributed by atoms with E-state index in [1.165, 1.54) is 32.1 Å². The largest absolute Gasteiger partial charge is 0.393 e. The molecule has 0 spiro atoms. The zero-order valence-corrected chi connectivity index (χ0v) is 13.2. The maximum Gasteiger partial charge on any atom is 0.0784 e. The average molecular weight is 284 g/mol. The van der Waals surface area contributed by atoms with Crippen LogP contribution in [-0.2, 0) is 4.74 Å². The van der Waals surface area contributed by atoms with Crippen LogP contribution in [0.15, 0.2) is 0 Å². The maximum absolute atomic E-state index is 5.92. The van der Waals surface area contributed by atoms with Crippen molar-refractivity contribution in [3.8, 4) is 0 Å². The third-order valence-electron chi connectivity index (χ3n) is 4.76. The van der Waals surface area contributed by atoms with E-state index in [0.717, 1.165) is 26.1 Å². The molecular formula is C15H28N2OS. The summed E-state index contributed by atoms with van der Waals surface area (Å²) in [6.07, 6.45) is 8.00. The lowest BCUT2D eigenvalue weighted by Crippen LogP contribution is -2.52. The predicted octanol–water partition coefficient (Wildman–Crippen LogP) is 2.72. The van der Waals surface area contributed by atoms with Gasteiger partial charge in [0.15, 0.2) is 0 Å². The van der Waals surface area contributed by atoms with Crippen molar-refractivity contribution < 1.29 is 4.74 Å². The highest BCUT2D eigenvalue weighted by atomic mass is 32.1. The molecule has 2 N–H and O–H groups in total. The first-order chi connectivity index (χ1) is 9.00. The first kappa shape index (κ1) is 15.2. The van der Waals surface area contributed by atoms with E-state index in [0.29, 0.717) is 17.1 Å². The molecule has 1 saturated carbocycles. The fourth-order valence-electron chi connectivity index (χ4n) is 3.30. The summed E-state index contributed by atoms with van der Waals surface area (Å²) in [5.74, 6) is 0. The Labute approximate surface area is 122 Å². The first-order valence-electron chi connectivity index (χ1n) is 7.66. The number of hydrogen-bond donors (Lipinski definition) is 1. The van der Waals surface area contributed by atoms with Crippen molar-refractivity contribution >= 4 is 17.2 Å². The Balaban J connectivity index is 1.80. The quantitative estimate of drug-likeness (QED) is 0.788. The molecule has 1 aliphatic carbocycles. The molecule has 19 heavy (non-hydrogen) atoms. The van der Waals surface area contributed by atoms with Crippen LogP contribution in [0.2, 0.25) is 0 Å². The molecule has 2 atom stereocenters. The lowest BCUT2D eigenvalue weighted by molar-refractivity contribution is -0.0885. The van der Waals surface area contributed by atoms with Gasteiger partial charge in [0, 0.05) is 18.0 Å². The van der Waals surface area contributed by atoms with Gasteiger partial charge in [-0.05, 0) is 32.2 Å². The van der Waals surface area contributed by atoms with Crippen LogP contribution in [0.1, 0.15) is 52.4 Å². The topological polar surface area (TPSA) is 38.5 Å². The lowest BCUT2D eigenvalue weighted by Gasteiger charge is -2.44. The SMILES string of the molecule is CC(C)(CCCN1CCOC2CCCCC21)C(N)=S. The summed E-state index contributed by atoms with van der Waals surface area (Å²) in [7, 11) is 0. The highest BCUT2D eigenvalue weighted by molar-refractivity contribution is 7.80. The van der Waals surface area contributed by atoms with Gasteiger partial charge < -0.3 is 10.5 Å². The maximum atomic E-state index is 5.92. The summed E-state index contributed by atoms with van der Waals surface area (Å²) < 4.78 is 5.92. The van der Waals surface area contributed by atoms with Crippen LogP contribution >= 0.6 is 12.2 Å². The molecule has 0 radical (unpaired) electrons. The zero-order valence-electron chi connectivity index (χ0n) is 12.4. The van der Waals surface area contributed by atoms with Crippen LogP contribution in [0.3, 0.4) is 0 Å². The Kier molecular flexibility index (Phi) is 5.21. The fourth-order valence-corrected chi connectivity index (χ4v) is 3.40. The number of ether oxygens (including phenoxy) is 1. The van der Waals surface area contributed by atoms with E-state index in [4.69, 9.17) is 22.7 Å². The van der Waals surface area contributed by atoms with E-state index in [-0.39, 0.29) is 5.41 Å². The van der Waals surface area contributed by atoms with E-state index in [1.54, 1.807) is 0 Å². The van der Waals surface area contributed by atoms with Crippen molar-refractivity contribution in [1.29, 1.82) is 0 Å². The second-order valence-electron chi connectivity index (χ2n) is 6.65. The molecule has 0 amide bonds. The fraction of sp³-hybridized carbons (Fsp3) is 0.933. The minimum absolute atomic E-state index is 0.00636. The molecule has 2 unspecified atom stereocenters. The van der Waals surface area contributed by atoms with Crippen LogP contribution in [0, 0.1) is 5.41 Å². The summed E-state index contributed by atoms with van der Waals surface area (Å²) in [6.45, 7) is 7.46. The van der Waals surface area contributed by atoms with Crippen LogP contribution < -0.4 is 5.73 Å². The van der Waals surface area contributed by atoms with Gasteiger partial charge in [0.05, 0.1) is 17.7 Å². The predicted molar refractivity (Wildman–Crippen MR) is 83.4 cm³/mol. The van der Waals surface area contributed by atoms with Crippen LogP contribution in [0.25, 0.3) is 0 Å². The van der Waals surface area contributed by atoms with Crippen LogP contribution in [0.5, 0.6) is 0 Å². The third-order valence-corrected chi connectivity index (χ3v) is 5.31. The standard InChI is InChI=1S/C15H28N2OS/c1-15(2,14(16)19)8-5-9-17-10-11-18-13-7-4-3-6-12(13)17/h12-13H,3-11H2,1-2H3,(H2,16,19). The van der Waals surface area contributed by atoms with Gasteiger partial charge >= 0.3 is 0 Å². The van der Waals surface area contributed by atoms with Crippen molar-refractivity contribution in [2.45, 2.75) is 64.5 Å². The third kappa shape index (κ3) is 3.89. The molecule has 2 rings (SSSR count). The first-order valence-corrected chi connectivity index (χ1v) is 8.07. The number of rotatable bonds is 5. The Bertz CT molecular complexity index is 317. The van der Waals surface area contributed by atoms with E-state index in [9.17, 15) is 0 Å². The molecule has 0 aromatic carbocycles. The smallest absolute Gasteiger partial charge is 0.0784 e. The van der Waals surface area contributed by atoms with E-state index in [2.05, 4.69) is 18.7 Å². The van der Waals surface area contributed by atoms with Crippen molar-refractivity contribution in [1.82, 2.24) is 4.90 Å². The zero-order chi connectivity index (χ0) is 13.9. The summed E-state index contributed by atoms with van der Waals surface area (Å²) >= 11 is 5.14. The molecule has 3 nitrogen and oxygen atoms in total. The number of morpholine rings is 1. The second kappa shape index (κ2) is 6.51. The highest BCUT2D eigenvalue weighted by Crippen LogP contribution is 2.29. The molecule has 4 heteroatoms. The molecule has 1 aliphatic heterocycles. The second-order valence-corrected chi connectivity index (χ2v) is 7.09. The lowest BCUT2D eigenvalue weighted by atomic mass is 9.87. The van der Waals surface area contributed by atoms with Crippen LogP contribution in [0.4, 0.5) is 0 Å². The minimum atomic E-state index is -0.00636. The molecule has 0 bridgehead atoms. The Hall–Kier alpha value is -0.190. The summed E-state index contributed by atoms with van der Waals surface area (Å²) in [5.41, 5.74) is 5.79. The Morgan fingerprint density at radius 1 is 1.37 bits per heavy atom. The van der Waals surface area contributed by atoms with Gasteiger partial charge in [-0.2, -0.15) is 0 Å². The number of fused-ring (bicyclic) bond motifs is 1. The van der Waals surface area contributed by atoms with Gasteiger partial charge in [-0.25, -0.2) is 0 Å². The van der Waals surface area contributed by atoms with Crippen molar-refractivity contribution in [3.05, 3.63) is 0 Å². The number of nitrogens with two attached hydrogens (primary N) is 1. The Morgan fingerprint density at radius 2 is 2.11 bits per heavy atom. The number of hydrogen-bond acceptors (Lipinski definition) is 3.